The summed E-state index contributed by atoms with van der Waals surface area (Å²) < 4.78 is 27.1. The number of rotatable bonds is 7. The molecule has 0 atom stereocenters. The van der Waals surface area contributed by atoms with Crippen LogP contribution in [0.1, 0.15) is 22.0 Å². The van der Waals surface area contributed by atoms with Crippen molar-refractivity contribution in [1.29, 1.82) is 0 Å². The molecule has 3 aliphatic rings. The Balaban J connectivity index is 0.000000126. The summed E-state index contributed by atoms with van der Waals surface area (Å²) in [5, 5.41) is 6.39. The number of nitrogens with zero attached hydrogens (tertiary/aromatic N) is 15. The number of aromatic nitrogens is 10. The van der Waals surface area contributed by atoms with Crippen molar-refractivity contribution in [2.45, 2.75) is 6.42 Å². The zero-order valence-electron chi connectivity index (χ0n) is 60.7. The fraction of sp³-hybridized carbons (Fsp3) is 0.0875. The molecule has 0 bridgehead atoms. The zero-order chi connectivity index (χ0) is 79.8. The number of hydrogen-bond acceptors (Lipinski definition) is 15. The minimum absolute atomic E-state index is 0.0763. The number of hydrogen-bond donors (Lipinski definition) is 1. The number of halogens is 1. The van der Waals surface area contributed by atoms with Crippen LogP contribution in [-0.4, -0.2) is 300 Å². The van der Waals surface area contributed by atoms with Crippen molar-refractivity contribution >= 4 is 306 Å². The van der Waals surface area contributed by atoms with Gasteiger partial charge in [0, 0.05) is 31.9 Å². The van der Waals surface area contributed by atoms with Gasteiger partial charge in [0.2, 0.25) is 11.8 Å². The first kappa shape index (κ1) is 84.4. The normalized spacial score (nSPS) is 13.5. The quantitative estimate of drug-likeness (QED) is 0.0297. The number of likely N-dealkylation sites (N-methyl/N-ethyl adjacent to an activating group) is 4. The number of aldehydes is 1. The molecule has 6 amide bonds. The van der Waals surface area contributed by atoms with Crippen molar-refractivity contribution in [2.75, 3.05) is 42.3 Å². The zero-order valence-corrected chi connectivity index (χ0v) is 79.3. The second-order valence-electron chi connectivity index (χ2n) is 24.1. The summed E-state index contributed by atoms with van der Waals surface area (Å²) >= 11 is 15.8. The van der Waals surface area contributed by atoms with E-state index in [-0.39, 0.29) is 130 Å². The fourth-order valence-electron chi connectivity index (χ4n) is 11.0. The van der Waals surface area contributed by atoms with Crippen molar-refractivity contribution in [3.8, 4) is 14.8 Å². The summed E-state index contributed by atoms with van der Waals surface area (Å²) in [7, 11) is 9.47. The molecule has 0 radical (unpaired) electrons. The number of carbonyl (C=O) groups is 7. The van der Waals surface area contributed by atoms with Gasteiger partial charge in [-0.15, -0.1) is 0 Å². The van der Waals surface area contributed by atoms with Gasteiger partial charge < -0.3 is 4.98 Å². The van der Waals surface area contributed by atoms with E-state index in [2.05, 4.69) is 148 Å². The second kappa shape index (κ2) is 40.1. The predicted molar refractivity (Wildman–Crippen MR) is 468 cm³/mol. The number of H-pyrrole nitrogens is 1. The van der Waals surface area contributed by atoms with Crippen LogP contribution >= 0.6 is 59.2 Å². The Morgan fingerprint density at radius 3 is 1.08 bits per heavy atom. The first-order valence-electron chi connectivity index (χ1n) is 33.9. The molecule has 3 aliphatic heterocycles. The molecule has 1 N–H and O–H groups in total. The smallest absolute Gasteiger partial charge is 0.137 e. The molecule has 3 fully saturated rings. The third-order valence-electron chi connectivity index (χ3n) is 16.9. The Morgan fingerprint density at radius 2 is 0.743 bits per heavy atom. The average Bonchev–Trinajstić information content (AvgIpc) is 1.61. The monoisotopic (exact) mass is 2360 g/mol. The number of fused-ring (bicyclic) bond motifs is 5. The number of thiocarbonyl (C=S) groups is 3. The Labute approximate surface area is 736 Å². The van der Waals surface area contributed by atoms with Crippen LogP contribution in [0.25, 0.3) is 82.1 Å². The molecular weight excluding hydrogens is 2290 g/mol. The summed E-state index contributed by atoms with van der Waals surface area (Å²) in [5.41, 5.74) is 5.15. The minimum Gasteiger partial charge on any atom is -0.346 e. The van der Waals surface area contributed by atoms with E-state index in [9.17, 15) is 33.6 Å². The summed E-state index contributed by atoms with van der Waals surface area (Å²) in [4.78, 5) is 115. The van der Waals surface area contributed by atoms with Crippen molar-refractivity contribution < 1.29 is 33.6 Å². The molecule has 19 rings (SSSR count). The number of amides is 6. The van der Waals surface area contributed by atoms with Crippen molar-refractivity contribution in [3.05, 3.63) is 266 Å². The molecule has 0 spiro atoms. The van der Waals surface area contributed by atoms with Crippen LogP contribution in [-0.2, 0) is 28.8 Å². The fourth-order valence-corrected chi connectivity index (χ4v) is 25.0. The summed E-state index contributed by atoms with van der Waals surface area (Å²) in [6, 6.07) is 55.0. The van der Waals surface area contributed by atoms with Crippen molar-refractivity contribution in [3.63, 3.8) is 0 Å². The Morgan fingerprint density at radius 1 is 0.381 bits per heavy atom. The number of pyridine rings is 5. The van der Waals surface area contributed by atoms with Gasteiger partial charge in [-0.1, -0.05) is 0 Å². The molecule has 19 heterocycles. The molecular formula is C80H65IN16O7S3Te6. The number of nitrogens with one attached hydrogen (secondary N) is 1. The molecule has 113 heavy (non-hydrogen) atoms. The maximum atomic E-state index is 12.4. The topological polar surface area (TPSA) is 239 Å². The van der Waals surface area contributed by atoms with Crippen LogP contribution in [0.3, 0.4) is 0 Å². The van der Waals surface area contributed by atoms with E-state index in [0.29, 0.717) is 0 Å². The van der Waals surface area contributed by atoms with Gasteiger partial charge in [-0.05, 0) is 30.4 Å². The summed E-state index contributed by atoms with van der Waals surface area (Å²) in [6.07, 6.45) is 23.3. The van der Waals surface area contributed by atoms with Crippen molar-refractivity contribution in [2.24, 2.45) is 0 Å². The van der Waals surface area contributed by atoms with E-state index in [4.69, 9.17) is 36.7 Å². The van der Waals surface area contributed by atoms with Crippen LogP contribution in [0.4, 0.5) is 0 Å². The molecule has 3 saturated heterocycles. The summed E-state index contributed by atoms with van der Waals surface area (Å²) in [6.45, 7) is 0. The van der Waals surface area contributed by atoms with Crippen LogP contribution in [0.2, 0.25) is 0 Å². The maximum absolute atomic E-state index is 12.4. The molecule has 0 unspecified atom stereocenters. The van der Waals surface area contributed by atoms with E-state index in [0.717, 1.165) is 66.8 Å². The van der Waals surface area contributed by atoms with E-state index in [1.165, 1.54) is 49.6 Å². The molecule has 16 aromatic rings. The van der Waals surface area contributed by atoms with Gasteiger partial charge in [-0.25, -0.2) is 4.98 Å². The molecule has 33 heteroatoms. The minimum atomic E-state index is -0.736. The first-order chi connectivity index (χ1) is 54.7. The molecule has 16 aromatic heterocycles. The van der Waals surface area contributed by atoms with Gasteiger partial charge in [-0.2, -0.15) is 0 Å². The largest absolute Gasteiger partial charge is 0.346 e. The van der Waals surface area contributed by atoms with Gasteiger partial charge in [-0.3, -0.25) is 19.4 Å². The molecule has 568 valence electrons. The Bertz CT molecular complexity index is 5890. The number of carbonyl (C=O) groups excluding carboxylic acids is 7. The molecule has 0 aliphatic carbocycles. The number of aromatic amines is 1. The standard InChI is InChI=1S/2C18H14N4O2STe.C12H8N2OTe.C11H8N2Te.C7H6N2.C6H8N2O2S.C4H3ITe.C4H4Te/c2*1-20-16(23)13(17(24)21(2)18(20)25)10-12-5-6-14(26-12)22-9-7-11-4-3-8-19-15(11)22;15-8-10-3-4-11(16-10)14-7-5-9-2-1-6-13-12(9)14;1-3-9-5-7-13(11(9)12-6-1)10-4-2-8-14-10;1-2-6-3-5-9-7(6)8-4-1;1-7-4(9)3-5(10)8(2)6(7)11;5-4-2-1-3-6-4;1-2-4-5-3-1/h2*3-10H,1-2H3;1-8H;1-8H;1-5H,(H,8,9);3H2,1-2H3;1-3H;1-4H. The average molecular weight is 2350 g/mol. The van der Waals surface area contributed by atoms with E-state index in [1.807, 2.05) is 140 Å². The maximum Gasteiger partial charge on any atom is 0.137 e. The van der Waals surface area contributed by atoms with Gasteiger partial charge in [0.15, 0.2) is 5.11 Å². The third kappa shape index (κ3) is 20.6. The molecule has 23 nitrogen and oxygen atoms in total. The van der Waals surface area contributed by atoms with Gasteiger partial charge >= 0.3 is 626 Å². The van der Waals surface area contributed by atoms with E-state index >= 15 is 0 Å². The van der Waals surface area contributed by atoms with Gasteiger partial charge in [0.1, 0.15) is 12.1 Å². The Kier molecular flexibility index (Phi) is 29.9. The van der Waals surface area contributed by atoms with Crippen LogP contribution in [0.5, 0.6) is 0 Å². The predicted octanol–water partition coefficient (Wildman–Crippen LogP) is 10.6. The Hall–Kier alpha value is -7.96. The van der Waals surface area contributed by atoms with Gasteiger partial charge in [0.25, 0.3) is 0 Å². The van der Waals surface area contributed by atoms with E-state index < -0.39 is 61.3 Å². The van der Waals surface area contributed by atoms with Crippen LogP contribution in [0, 0.1) is 1.59 Å². The second-order valence-corrected chi connectivity index (χ2v) is 45.7. The van der Waals surface area contributed by atoms with E-state index in [1.54, 1.807) is 80.8 Å². The molecule has 0 aromatic carbocycles. The summed E-state index contributed by atoms with van der Waals surface area (Å²) in [5.74, 6) is -1.89. The SMILES string of the molecule is CN1C(=O)C(=Cc2ccc(-n3ccc4cccnc43)[te]2)C(=O)N(C)C1=S.CN1C(=O)C(=Cc2ccc(-n3ccc4cccnc43)[te]2)C(=O)N(C)C1=S.CN1C(=O)CC(=O)N(C)C1=S.Ic1ccc[te]1.O=Cc1ccc(-n2ccc3cccnc32)[te]1.c1c[te]c(-n2ccc3cccnc32)c1.c1cc[te]c1.c1cnc2[nH]ccc2c1. The first-order valence-corrected chi connectivity index (χ1v) is 50.9. The van der Waals surface area contributed by atoms with Crippen LogP contribution < -0.4 is 0 Å². The third-order valence-corrected chi connectivity index (χ3v) is 35.5. The molecule has 0 saturated carbocycles. The van der Waals surface area contributed by atoms with Crippen molar-refractivity contribution in [1.82, 2.24) is 77.6 Å². The van der Waals surface area contributed by atoms with Gasteiger partial charge in [0.05, 0.1) is 0 Å². The van der Waals surface area contributed by atoms with Crippen LogP contribution in [0.15, 0.2) is 253 Å².